The average molecular weight is 781 g/mol. The highest BCUT2D eigenvalue weighted by Gasteiger charge is 2.49. The molecule has 3 fully saturated rings. The Morgan fingerprint density at radius 2 is 2.00 bits per heavy atom. The Morgan fingerprint density at radius 1 is 1.18 bits per heavy atom. The Bertz CT molecular complexity index is 2370. The van der Waals surface area contributed by atoms with Crippen LogP contribution in [-0.4, -0.2) is 87.7 Å². The number of alkyl halides is 4. The van der Waals surface area contributed by atoms with Crippen LogP contribution < -0.4 is 15.4 Å². The molecule has 3 atom stereocenters. The molecule has 10 nitrogen and oxygen atoms in total. The summed E-state index contributed by atoms with van der Waals surface area (Å²) in [5, 5.41) is 9.24. The molecular formula is C38H34F6N8O2S. The van der Waals surface area contributed by atoms with E-state index >= 15 is 22.0 Å². The molecule has 286 valence electrons. The van der Waals surface area contributed by atoms with Gasteiger partial charge in [-0.2, -0.15) is 28.4 Å². The number of fused-ring (bicyclic) bond motifs is 3. The smallest absolute Gasteiger partial charge is 0.417 e. The zero-order valence-corrected chi connectivity index (χ0v) is 30.3. The number of pyridine rings is 1. The Kier molecular flexibility index (Phi) is 9.24. The minimum absolute atomic E-state index is 0.0340. The molecule has 2 aromatic carbocycles. The largest absolute Gasteiger partial charge is 0.461 e. The second-order valence-electron chi connectivity index (χ2n) is 14.1. The van der Waals surface area contributed by atoms with Crippen LogP contribution in [0.4, 0.5) is 37.2 Å². The number of rotatable bonds is 8. The van der Waals surface area contributed by atoms with Gasteiger partial charge in [0.1, 0.15) is 46.7 Å². The molecule has 55 heavy (non-hydrogen) atoms. The van der Waals surface area contributed by atoms with Crippen molar-refractivity contribution >= 4 is 49.1 Å². The van der Waals surface area contributed by atoms with Crippen molar-refractivity contribution in [3.63, 3.8) is 0 Å². The van der Waals surface area contributed by atoms with Crippen molar-refractivity contribution in [1.29, 1.82) is 5.26 Å². The van der Waals surface area contributed by atoms with E-state index in [-0.39, 0.29) is 87.7 Å². The van der Waals surface area contributed by atoms with Gasteiger partial charge in [0, 0.05) is 61.2 Å². The summed E-state index contributed by atoms with van der Waals surface area (Å²) < 4.78 is 98.4. The lowest BCUT2D eigenvalue weighted by Gasteiger charge is -2.32. The quantitative estimate of drug-likeness (QED) is 0.161. The van der Waals surface area contributed by atoms with Gasteiger partial charge in [0.25, 0.3) is 5.91 Å². The summed E-state index contributed by atoms with van der Waals surface area (Å²) in [4.78, 5) is 31.7. The van der Waals surface area contributed by atoms with Crippen LogP contribution in [0.25, 0.3) is 32.1 Å². The van der Waals surface area contributed by atoms with E-state index in [1.54, 1.807) is 34.9 Å². The number of aromatic nitrogens is 3. The number of nitrogens with zero attached hydrogens (tertiary/aromatic N) is 7. The molecule has 8 rings (SSSR count). The van der Waals surface area contributed by atoms with Gasteiger partial charge < -0.3 is 20.3 Å². The molecule has 1 amide bonds. The molecule has 3 unspecified atom stereocenters. The maximum Gasteiger partial charge on any atom is 0.417 e. The van der Waals surface area contributed by atoms with E-state index < -0.39 is 52.2 Å². The molecule has 3 aromatic heterocycles. The fourth-order valence-corrected chi connectivity index (χ4v) is 9.48. The van der Waals surface area contributed by atoms with E-state index in [2.05, 4.69) is 15.0 Å². The number of thiophene rings is 1. The van der Waals surface area contributed by atoms with Gasteiger partial charge in [0.15, 0.2) is 5.82 Å². The van der Waals surface area contributed by atoms with Crippen LogP contribution in [0.3, 0.4) is 0 Å². The zero-order valence-electron chi connectivity index (χ0n) is 29.5. The third-order valence-corrected chi connectivity index (χ3v) is 12.0. The number of ether oxygens (including phenoxy) is 1. The Morgan fingerprint density at radius 3 is 2.73 bits per heavy atom. The highest BCUT2D eigenvalue weighted by Crippen LogP contribution is 2.48. The molecule has 3 saturated heterocycles. The maximum atomic E-state index is 17.3. The second-order valence-corrected chi connectivity index (χ2v) is 15.2. The number of nitriles is 1. The summed E-state index contributed by atoms with van der Waals surface area (Å²) >= 11 is 0.676. The van der Waals surface area contributed by atoms with Gasteiger partial charge in [0.05, 0.1) is 21.4 Å². The molecule has 0 aliphatic carbocycles. The van der Waals surface area contributed by atoms with Crippen LogP contribution in [0, 0.1) is 23.0 Å². The number of amides is 1. The van der Waals surface area contributed by atoms with E-state index in [0.29, 0.717) is 37.3 Å². The van der Waals surface area contributed by atoms with E-state index in [1.165, 1.54) is 6.20 Å². The van der Waals surface area contributed by atoms with Crippen molar-refractivity contribution < 1.29 is 35.9 Å². The van der Waals surface area contributed by atoms with Crippen LogP contribution in [0.2, 0.25) is 0 Å². The number of carbonyl (C=O) groups excluding carboxylic acids is 1. The van der Waals surface area contributed by atoms with Crippen LogP contribution in [0.1, 0.15) is 54.2 Å². The number of anilines is 2. The first-order valence-electron chi connectivity index (χ1n) is 17.8. The first-order valence-corrected chi connectivity index (χ1v) is 18.7. The lowest BCUT2D eigenvalue weighted by atomic mass is 9.92. The van der Waals surface area contributed by atoms with Crippen molar-refractivity contribution in [3.8, 4) is 23.2 Å². The number of likely N-dealkylation sites (N-methyl/N-ethyl adjacent to an activating group) is 1. The average Bonchev–Trinajstić information content (AvgIpc) is 3.94. The normalized spacial score (nSPS) is 21.4. The number of nitrogen functional groups attached to an aromatic ring is 1. The fourth-order valence-electron chi connectivity index (χ4n) is 8.53. The minimum atomic E-state index is -5.14. The van der Waals surface area contributed by atoms with Crippen molar-refractivity contribution in [1.82, 2.24) is 24.8 Å². The van der Waals surface area contributed by atoms with E-state index in [4.69, 9.17) is 10.5 Å². The first-order chi connectivity index (χ1) is 26.3. The summed E-state index contributed by atoms with van der Waals surface area (Å²) in [5.41, 5.74) is 2.08. The van der Waals surface area contributed by atoms with Gasteiger partial charge in [-0.25, -0.2) is 13.2 Å². The van der Waals surface area contributed by atoms with Crippen LogP contribution in [0.5, 0.6) is 6.01 Å². The van der Waals surface area contributed by atoms with Crippen molar-refractivity contribution in [3.05, 3.63) is 71.1 Å². The van der Waals surface area contributed by atoms with Crippen LogP contribution in [-0.2, 0) is 6.18 Å². The number of hydrogen-bond donors (Lipinski definition) is 1. The van der Waals surface area contributed by atoms with Gasteiger partial charge in [-0.15, -0.1) is 11.3 Å². The van der Waals surface area contributed by atoms with Crippen molar-refractivity contribution in [2.45, 2.75) is 56.5 Å². The number of carbonyl (C=O) groups is 1. The fraction of sp³-hybridized carbons (Fsp3) is 0.395. The summed E-state index contributed by atoms with van der Waals surface area (Å²) in [5.74, 6) is -2.58. The SMILES string of the molecule is CCN(c1nc(OCC23CCCN2CC(F)C3)nc2c(F)c(-c3ccc(F)c4sc(N)c(C#N)c34)c(C(F)(F)F)cc12)C1CCN(C(=O)c2ccccn2)C1. The van der Waals surface area contributed by atoms with Crippen LogP contribution in [0.15, 0.2) is 42.6 Å². The monoisotopic (exact) mass is 780 g/mol. The standard InChI is InChI=1S/C38H34F6N8O2S/c1-2-52(21-9-13-50(18-21)35(53)27-6-3-4-11-47-27)34-23-14-25(38(42,43)44)29(22-7-8-26(40)32-28(22)24(16-45)33(46)55-32)30(41)31(23)48-36(49-34)54-19-37-10-5-12-51(37)17-20(39)15-37/h3-4,6-8,11,14,20-21H,2,5,9-10,12-13,15,17-19,46H2,1H3. The Balaban J connectivity index is 1.30. The molecule has 0 saturated carbocycles. The van der Waals surface area contributed by atoms with Crippen LogP contribution >= 0.6 is 11.3 Å². The number of nitrogens with two attached hydrogens (primary N) is 1. The minimum Gasteiger partial charge on any atom is -0.461 e. The molecular weight excluding hydrogens is 747 g/mol. The Hall–Kier alpha value is -5.21. The lowest BCUT2D eigenvalue weighted by molar-refractivity contribution is -0.137. The molecule has 0 spiro atoms. The van der Waals surface area contributed by atoms with Gasteiger partial charge in [0.2, 0.25) is 0 Å². The molecule has 6 heterocycles. The van der Waals surface area contributed by atoms with E-state index in [9.17, 15) is 14.4 Å². The number of halogens is 6. The number of benzene rings is 2. The lowest BCUT2D eigenvalue weighted by Crippen LogP contribution is -2.43. The van der Waals surface area contributed by atoms with Crippen molar-refractivity contribution in [2.24, 2.45) is 0 Å². The summed E-state index contributed by atoms with van der Waals surface area (Å²) in [6.45, 7) is 3.35. The number of likely N-dealkylation sites (tertiary alicyclic amines) is 1. The molecule has 3 aliphatic rings. The zero-order chi connectivity index (χ0) is 38.8. The molecule has 0 bridgehead atoms. The van der Waals surface area contributed by atoms with Gasteiger partial charge in [-0.1, -0.05) is 12.1 Å². The molecule has 2 N–H and O–H groups in total. The highest BCUT2D eigenvalue weighted by atomic mass is 32.1. The third kappa shape index (κ3) is 6.24. The highest BCUT2D eigenvalue weighted by molar-refractivity contribution is 7.23. The molecule has 5 aromatic rings. The number of hydrogen-bond acceptors (Lipinski definition) is 10. The Labute approximate surface area is 315 Å². The summed E-state index contributed by atoms with van der Waals surface area (Å²) in [6, 6.07) is 8.69. The van der Waals surface area contributed by atoms with Crippen molar-refractivity contribution in [2.75, 3.05) is 50.0 Å². The molecule has 17 heteroatoms. The van der Waals surface area contributed by atoms with E-state index in [0.717, 1.165) is 24.6 Å². The first kappa shape index (κ1) is 36.8. The third-order valence-electron chi connectivity index (χ3n) is 11.0. The molecule has 3 aliphatic heterocycles. The maximum absolute atomic E-state index is 17.3. The second kappa shape index (κ2) is 13.8. The topological polar surface area (TPSA) is 125 Å². The van der Waals surface area contributed by atoms with E-state index in [1.807, 2.05) is 11.0 Å². The summed E-state index contributed by atoms with van der Waals surface area (Å²) in [7, 11) is 0. The van der Waals surface area contributed by atoms with Gasteiger partial charge in [-0.3, -0.25) is 14.7 Å². The molecule has 0 radical (unpaired) electrons. The summed E-state index contributed by atoms with van der Waals surface area (Å²) in [6.07, 6.45) is -2.60. The van der Waals surface area contributed by atoms with Gasteiger partial charge >= 0.3 is 12.2 Å². The van der Waals surface area contributed by atoms with Gasteiger partial charge in [-0.05, 0) is 62.6 Å². The predicted octanol–water partition coefficient (Wildman–Crippen LogP) is 7.35. The predicted molar refractivity (Wildman–Crippen MR) is 195 cm³/mol.